The fraction of sp³-hybridized carbons (Fsp3) is 0.880. The van der Waals surface area contributed by atoms with Gasteiger partial charge in [-0.1, -0.05) is 168 Å². The van der Waals surface area contributed by atoms with Crippen molar-refractivity contribution in [3.05, 3.63) is 24.3 Å². The van der Waals surface area contributed by atoms with Crippen LogP contribution < -0.4 is 22.5 Å². The number of aliphatic imine (C=N–C) groups is 1. The molecule has 0 aliphatic rings. The van der Waals surface area contributed by atoms with Crippen molar-refractivity contribution in [2.24, 2.45) is 34.0 Å². The highest BCUT2D eigenvalue weighted by Crippen LogP contribution is 2.14. The highest BCUT2D eigenvalue weighted by molar-refractivity contribution is 5.75. The third-order valence-electron chi connectivity index (χ3n) is 11.5. The van der Waals surface area contributed by atoms with Gasteiger partial charge in [-0.15, -0.1) is 0 Å². The average Bonchev–Trinajstić information content (AvgIpc) is 3.20. The predicted molar refractivity (Wildman–Crippen MR) is 260 cm³/mol. The summed E-state index contributed by atoms with van der Waals surface area (Å²) in [6.07, 6.45) is 49.8. The number of allylic oxidation sites excluding steroid dienone is 4. The number of hydrogen-bond donors (Lipinski definition) is 5. The summed E-state index contributed by atoms with van der Waals surface area (Å²) in [5, 5.41) is 10.6. The van der Waals surface area contributed by atoms with Gasteiger partial charge in [0, 0.05) is 26.2 Å². The van der Waals surface area contributed by atoms with Crippen molar-refractivity contribution >= 4 is 11.9 Å². The highest BCUT2D eigenvalue weighted by Gasteiger charge is 2.13. The molecule has 0 aromatic rings. The lowest BCUT2D eigenvalue weighted by atomic mass is 10.1. The molecule has 58 heavy (non-hydrogen) atoms. The minimum Gasteiger partial charge on any atom is -0.370 e. The van der Waals surface area contributed by atoms with Crippen LogP contribution in [0.3, 0.4) is 0 Å². The normalized spacial score (nSPS) is 13.0. The number of nitrogens with zero attached hydrogens (tertiary/aromatic N) is 3. The summed E-state index contributed by atoms with van der Waals surface area (Å²) in [5.41, 5.74) is 16.9. The average molecular weight is 815 g/mol. The molecule has 0 saturated heterocycles. The molecule has 0 heterocycles. The van der Waals surface area contributed by atoms with E-state index in [1.165, 1.54) is 206 Å². The van der Waals surface area contributed by atoms with Crippen molar-refractivity contribution in [3.8, 4) is 0 Å². The van der Waals surface area contributed by atoms with Gasteiger partial charge in [0.05, 0.1) is 0 Å². The molecule has 0 radical (unpaired) electrons. The van der Waals surface area contributed by atoms with E-state index >= 15 is 0 Å². The van der Waals surface area contributed by atoms with Crippen LogP contribution in [0.25, 0.3) is 0 Å². The second-order valence-corrected chi connectivity index (χ2v) is 18.0. The lowest BCUT2D eigenvalue weighted by Gasteiger charge is -2.28. The van der Waals surface area contributed by atoms with Gasteiger partial charge in [-0.05, 0) is 115 Å². The number of nitrogens with two attached hydrogens (primary N) is 3. The Morgan fingerprint density at radius 1 is 0.483 bits per heavy atom. The Kier molecular flexibility index (Phi) is 42.9. The van der Waals surface area contributed by atoms with E-state index in [2.05, 4.69) is 72.1 Å². The van der Waals surface area contributed by atoms with Crippen LogP contribution in [-0.4, -0.2) is 74.1 Å². The van der Waals surface area contributed by atoms with E-state index in [0.717, 1.165) is 32.7 Å². The molecule has 0 saturated carbocycles. The van der Waals surface area contributed by atoms with Gasteiger partial charge >= 0.3 is 0 Å². The van der Waals surface area contributed by atoms with Crippen molar-refractivity contribution in [2.45, 2.75) is 220 Å². The summed E-state index contributed by atoms with van der Waals surface area (Å²) in [6, 6.07) is 0. The number of nitrogens with one attached hydrogen (secondary N) is 2. The standard InChI is InChI=1S/C50H102N8/c1-5-7-9-11-13-15-17-19-21-23-25-27-29-31-33-35-39-57(45-47(3)43-55-49(51)52)41-37-38-42-58(46-48(4)44-56-50(53)54)40-36-34-32-30-28-26-24-22-20-18-16-14-12-10-8-6-2/h19-22,47-48H,5-18,23-46H2,1-4H3,(H4,51,52,55)(H4,53,54,56)/b21-19+,22-20+. The van der Waals surface area contributed by atoms with E-state index in [0.29, 0.717) is 18.4 Å². The molecule has 0 amide bonds. The Morgan fingerprint density at radius 3 is 1.14 bits per heavy atom. The smallest absolute Gasteiger partial charge is 0.185 e. The minimum atomic E-state index is 0.0719. The van der Waals surface area contributed by atoms with Crippen LogP contribution >= 0.6 is 0 Å². The Hall–Kier alpha value is -2.06. The zero-order valence-corrected chi connectivity index (χ0v) is 39.4. The van der Waals surface area contributed by atoms with E-state index < -0.39 is 0 Å². The number of unbranched alkanes of at least 4 members (excludes halogenated alkanes) is 25. The maximum absolute atomic E-state index is 7.59. The Labute approximate surface area is 362 Å². The number of rotatable bonds is 45. The summed E-state index contributed by atoms with van der Waals surface area (Å²) in [4.78, 5) is 9.67. The van der Waals surface area contributed by atoms with Gasteiger partial charge in [0.25, 0.3) is 0 Å². The minimum absolute atomic E-state index is 0.0719. The maximum atomic E-state index is 7.59. The van der Waals surface area contributed by atoms with E-state index in [9.17, 15) is 0 Å². The first kappa shape index (κ1) is 55.9. The zero-order valence-electron chi connectivity index (χ0n) is 39.4. The van der Waals surface area contributed by atoms with Gasteiger partial charge in [-0.2, -0.15) is 0 Å². The Morgan fingerprint density at radius 2 is 0.793 bits per heavy atom. The van der Waals surface area contributed by atoms with E-state index in [1.807, 2.05) is 0 Å². The van der Waals surface area contributed by atoms with Gasteiger partial charge < -0.3 is 32.3 Å². The Balaban J connectivity index is 4.53. The molecule has 8 N–H and O–H groups in total. The fourth-order valence-corrected chi connectivity index (χ4v) is 7.97. The van der Waals surface area contributed by atoms with Crippen LogP contribution in [0.1, 0.15) is 220 Å². The van der Waals surface area contributed by atoms with Crippen molar-refractivity contribution in [1.29, 1.82) is 5.41 Å². The van der Waals surface area contributed by atoms with Crippen molar-refractivity contribution < 1.29 is 0 Å². The maximum Gasteiger partial charge on any atom is 0.185 e. The predicted octanol–water partition coefficient (Wildman–Crippen LogP) is 12.5. The molecular formula is C50H102N8. The van der Waals surface area contributed by atoms with E-state index in [-0.39, 0.29) is 11.9 Å². The van der Waals surface area contributed by atoms with E-state index in [4.69, 9.17) is 22.6 Å². The van der Waals surface area contributed by atoms with Crippen LogP contribution in [0.5, 0.6) is 0 Å². The van der Waals surface area contributed by atoms with Gasteiger partial charge in [0.15, 0.2) is 11.9 Å². The van der Waals surface area contributed by atoms with Crippen LogP contribution in [0, 0.1) is 17.2 Å². The quantitative estimate of drug-likeness (QED) is 0.0180. The van der Waals surface area contributed by atoms with Crippen LogP contribution in [0.15, 0.2) is 29.3 Å². The van der Waals surface area contributed by atoms with Crippen molar-refractivity contribution in [2.75, 3.05) is 52.4 Å². The summed E-state index contributed by atoms with van der Waals surface area (Å²) in [6.45, 7) is 17.3. The summed E-state index contributed by atoms with van der Waals surface area (Å²) >= 11 is 0. The molecule has 0 rings (SSSR count). The van der Waals surface area contributed by atoms with Crippen LogP contribution in [0.2, 0.25) is 0 Å². The van der Waals surface area contributed by atoms with E-state index in [1.54, 1.807) is 0 Å². The summed E-state index contributed by atoms with van der Waals surface area (Å²) in [5.74, 6) is 1.16. The molecular weight excluding hydrogens is 713 g/mol. The summed E-state index contributed by atoms with van der Waals surface area (Å²) < 4.78 is 0. The molecule has 0 aliphatic carbocycles. The largest absolute Gasteiger partial charge is 0.370 e. The molecule has 2 atom stereocenters. The van der Waals surface area contributed by atoms with Crippen molar-refractivity contribution in [1.82, 2.24) is 15.1 Å². The fourth-order valence-electron chi connectivity index (χ4n) is 7.97. The lowest BCUT2D eigenvalue weighted by Crippen LogP contribution is -2.39. The first-order valence-corrected chi connectivity index (χ1v) is 25.2. The third-order valence-corrected chi connectivity index (χ3v) is 11.5. The second-order valence-electron chi connectivity index (χ2n) is 18.0. The third kappa shape index (κ3) is 43.5. The number of guanidine groups is 2. The van der Waals surface area contributed by atoms with Gasteiger partial charge in [0.2, 0.25) is 0 Å². The lowest BCUT2D eigenvalue weighted by molar-refractivity contribution is 0.206. The molecule has 0 aromatic heterocycles. The molecule has 0 fully saturated rings. The number of hydrogen-bond acceptors (Lipinski definition) is 4. The Bertz CT molecular complexity index is 946. The molecule has 0 aromatic carbocycles. The highest BCUT2D eigenvalue weighted by atomic mass is 15.1. The monoisotopic (exact) mass is 815 g/mol. The molecule has 0 bridgehead atoms. The van der Waals surface area contributed by atoms with Gasteiger partial charge in [-0.3, -0.25) is 10.4 Å². The molecule has 2 unspecified atom stereocenters. The second kappa shape index (κ2) is 44.5. The topological polar surface area (TPSA) is 133 Å². The van der Waals surface area contributed by atoms with Gasteiger partial charge in [-0.25, -0.2) is 0 Å². The molecule has 342 valence electrons. The van der Waals surface area contributed by atoms with Crippen LogP contribution in [-0.2, 0) is 0 Å². The SMILES string of the molecule is CCCCCCCC/C=C/CCCCCCCCN(CCCCN(CCCCCCCC/C=C/CCCCCCCC)CC(C)CNC(=N)N)CC(C)CN=C(N)N. The molecule has 8 heteroatoms. The first-order valence-electron chi connectivity index (χ1n) is 25.2. The first-order chi connectivity index (χ1) is 28.3. The summed E-state index contributed by atoms with van der Waals surface area (Å²) in [7, 11) is 0. The molecule has 8 nitrogen and oxygen atoms in total. The molecule has 0 aliphatic heterocycles. The molecule has 0 spiro atoms. The zero-order chi connectivity index (χ0) is 42.6. The van der Waals surface area contributed by atoms with Gasteiger partial charge in [0.1, 0.15) is 0 Å². The van der Waals surface area contributed by atoms with Crippen LogP contribution in [0.4, 0.5) is 0 Å². The van der Waals surface area contributed by atoms with Crippen molar-refractivity contribution in [3.63, 3.8) is 0 Å².